The molecular formula is C35H47FN6O3. The first-order chi connectivity index (χ1) is 21.6. The van der Waals surface area contributed by atoms with Gasteiger partial charge < -0.3 is 25.0 Å². The first kappa shape index (κ1) is 31.5. The van der Waals surface area contributed by atoms with E-state index in [1.807, 2.05) is 18.2 Å². The summed E-state index contributed by atoms with van der Waals surface area (Å²) in [6.07, 6.45) is 2.82. The first-order valence-electron chi connectivity index (χ1n) is 16.3. The van der Waals surface area contributed by atoms with Gasteiger partial charge in [0.2, 0.25) is 0 Å². The van der Waals surface area contributed by atoms with Crippen molar-refractivity contribution in [1.82, 2.24) is 25.1 Å². The summed E-state index contributed by atoms with van der Waals surface area (Å²) in [6, 6.07) is 11.1. The zero-order chi connectivity index (χ0) is 31.9. The van der Waals surface area contributed by atoms with Crippen LogP contribution in [0.3, 0.4) is 0 Å². The minimum Gasteiger partial charge on any atom is -0.497 e. The molecule has 0 amide bonds. The molecule has 1 saturated heterocycles. The minimum atomic E-state index is -0.362. The highest BCUT2D eigenvalue weighted by Crippen LogP contribution is 2.61. The number of nitrogens with zero attached hydrogens (tertiary/aromatic N) is 4. The minimum absolute atomic E-state index is 0.160. The molecule has 3 saturated carbocycles. The van der Waals surface area contributed by atoms with E-state index in [-0.39, 0.29) is 24.5 Å². The fourth-order valence-electron chi connectivity index (χ4n) is 7.83. The van der Waals surface area contributed by atoms with Crippen molar-refractivity contribution >= 4 is 22.5 Å². The number of nitrogens with one attached hydrogen (secondary N) is 2. The third-order valence-corrected chi connectivity index (χ3v) is 10.7. The molecule has 2 bridgehead atoms. The number of aryl methyl sites for hydroxylation is 1. The molecule has 1 aromatic heterocycles. The van der Waals surface area contributed by atoms with Gasteiger partial charge in [0.15, 0.2) is 5.96 Å². The Balaban J connectivity index is 1.30. The number of piperazine rings is 1. The number of hydrogen-bond acceptors (Lipinski definition) is 6. The molecule has 3 aromatic rings. The van der Waals surface area contributed by atoms with Crippen molar-refractivity contribution in [1.29, 1.82) is 0 Å². The molecule has 5 atom stereocenters. The van der Waals surface area contributed by atoms with Gasteiger partial charge in [-0.3, -0.25) is 9.36 Å². The van der Waals surface area contributed by atoms with Gasteiger partial charge in [0.1, 0.15) is 24.0 Å². The van der Waals surface area contributed by atoms with Crippen molar-refractivity contribution < 1.29 is 13.9 Å². The Hall–Kier alpha value is -3.50. The van der Waals surface area contributed by atoms with Crippen molar-refractivity contribution in [2.24, 2.45) is 28.2 Å². The summed E-state index contributed by atoms with van der Waals surface area (Å²) in [5.41, 5.74) is 2.06. The molecule has 4 fully saturated rings. The van der Waals surface area contributed by atoms with E-state index >= 15 is 0 Å². The highest BCUT2D eigenvalue weighted by molar-refractivity contribution is 5.86. The lowest BCUT2D eigenvalue weighted by Gasteiger charge is -2.62. The zero-order valence-electron chi connectivity index (χ0n) is 27.4. The van der Waals surface area contributed by atoms with Crippen LogP contribution < -0.4 is 20.9 Å². The molecule has 4 aliphatic rings. The van der Waals surface area contributed by atoms with Crippen molar-refractivity contribution in [3.63, 3.8) is 0 Å². The van der Waals surface area contributed by atoms with Crippen LogP contribution in [0.5, 0.6) is 5.75 Å². The van der Waals surface area contributed by atoms with E-state index in [0.717, 1.165) is 49.5 Å². The number of guanidine groups is 1. The summed E-state index contributed by atoms with van der Waals surface area (Å²) in [5, 5.41) is 7.93. The highest BCUT2D eigenvalue weighted by Gasteiger charge is 2.56. The van der Waals surface area contributed by atoms with Crippen molar-refractivity contribution in [2.45, 2.75) is 72.2 Å². The van der Waals surface area contributed by atoms with Crippen molar-refractivity contribution in [2.75, 3.05) is 33.9 Å². The number of aliphatic imine (C=N–C) groups is 1. The number of benzene rings is 2. The van der Waals surface area contributed by atoms with E-state index in [9.17, 15) is 9.18 Å². The number of ether oxygens (including phenoxy) is 2. The average molecular weight is 619 g/mol. The number of fused-ring (bicyclic) bond motifs is 3. The molecular weight excluding hydrogens is 571 g/mol. The first-order valence-corrected chi connectivity index (χ1v) is 16.3. The van der Waals surface area contributed by atoms with E-state index in [4.69, 9.17) is 19.5 Å². The fraction of sp³-hybridized carbons (Fsp3) is 0.571. The quantitative estimate of drug-likeness (QED) is 0.275. The van der Waals surface area contributed by atoms with Crippen LogP contribution in [-0.4, -0.2) is 66.3 Å². The second-order valence-corrected chi connectivity index (χ2v) is 13.8. The van der Waals surface area contributed by atoms with E-state index in [2.05, 4.69) is 43.2 Å². The lowest BCUT2D eigenvalue weighted by Crippen LogP contribution is -2.63. The van der Waals surface area contributed by atoms with Crippen molar-refractivity contribution in [3.05, 3.63) is 64.0 Å². The van der Waals surface area contributed by atoms with Gasteiger partial charge in [0, 0.05) is 51.4 Å². The Morgan fingerprint density at radius 3 is 2.69 bits per heavy atom. The second-order valence-electron chi connectivity index (χ2n) is 13.8. The Labute approximate surface area is 265 Å². The Bertz CT molecular complexity index is 1640. The monoisotopic (exact) mass is 618 g/mol. The third kappa shape index (κ3) is 6.19. The molecule has 45 heavy (non-hydrogen) atoms. The predicted molar refractivity (Wildman–Crippen MR) is 176 cm³/mol. The molecule has 242 valence electrons. The molecule has 2 aromatic carbocycles. The van der Waals surface area contributed by atoms with Gasteiger partial charge >= 0.3 is 0 Å². The topological polar surface area (TPSA) is 93.0 Å². The number of methoxy groups -OCH3 is 2. The van der Waals surface area contributed by atoms with Crippen LogP contribution in [0.4, 0.5) is 10.1 Å². The molecule has 10 heteroatoms. The summed E-state index contributed by atoms with van der Waals surface area (Å²) in [4.78, 5) is 26.1. The molecule has 7 rings (SSSR count). The summed E-state index contributed by atoms with van der Waals surface area (Å²) < 4.78 is 26.8. The Morgan fingerprint density at radius 1 is 1.18 bits per heavy atom. The largest absolute Gasteiger partial charge is 0.497 e. The molecule has 0 spiro atoms. The summed E-state index contributed by atoms with van der Waals surface area (Å²) >= 11 is 0. The average Bonchev–Trinajstić information content (AvgIpc) is 3.01. The van der Waals surface area contributed by atoms with Crippen LogP contribution in [0, 0.1) is 29.0 Å². The van der Waals surface area contributed by atoms with Gasteiger partial charge in [-0.1, -0.05) is 26.8 Å². The van der Waals surface area contributed by atoms with E-state index in [0.29, 0.717) is 57.9 Å². The third-order valence-electron chi connectivity index (χ3n) is 10.7. The van der Waals surface area contributed by atoms with E-state index in [1.54, 1.807) is 23.8 Å². The second kappa shape index (κ2) is 12.7. The number of aromatic nitrogens is 2. The molecule has 3 aliphatic carbocycles. The molecule has 9 nitrogen and oxygen atoms in total. The maximum Gasteiger partial charge on any atom is 0.261 e. The van der Waals surface area contributed by atoms with Gasteiger partial charge in [-0.25, -0.2) is 14.4 Å². The van der Waals surface area contributed by atoms with Crippen LogP contribution in [0.25, 0.3) is 10.9 Å². The van der Waals surface area contributed by atoms with E-state index < -0.39 is 0 Å². The van der Waals surface area contributed by atoms with Crippen LogP contribution in [0.1, 0.15) is 51.9 Å². The summed E-state index contributed by atoms with van der Waals surface area (Å²) in [6.45, 7) is 12.5. The maximum atomic E-state index is 14.6. The van der Waals surface area contributed by atoms with Crippen molar-refractivity contribution in [3.8, 4) is 5.75 Å². The zero-order valence-corrected chi connectivity index (χ0v) is 27.4. The maximum absolute atomic E-state index is 14.6. The standard InChI is InChI=1S/C35H47FN6O3/c1-21-19-41(14-12-37-21)34(40-30-16-24-15-28(22(30)2)35(24,3)4)38-25-8-10-27-31(17-25)39-32(20-44-5)42(33(27)43)13-11-23-7-9-26(45-6)18-29(23)36/h7-10,17-18,21-22,24,28,30,37H,11-16,19-20H2,1-6H3,(H,38,40)/t21-,22+,24-,28-,30?/m0/s1. The SMILES string of the molecule is COCc1nc2cc(N=C(NC3C[C@@H]4C[C@@H]([C@H]3C)C4(C)C)N3CCN[C@@H](C)C3)ccc2c(=O)n1CCc1ccc(OC)cc1F. The van der Waals surface area contributed by atoms with Crippen LogP contribution in [0.15, 0.2) is 46.2 Å². The molecule has 1 aliphatic heterocycles. The number of rotatable bonds is 8. The van der Waals surface area contributed by atoms with Gasteiger partial charge in [-0.15, -0.1) is 0 Å². The van der Waals surface area contributed by atoms with Crippen LogP contribution in [-0.2, 0) is 24.3 Å². The van der Waals surface area contributed by atoms with Gasteiger partial charge in [-0.2, -0.15) is 0 Å². The summed E-state index contributed by atoms with van der Waals surface area (Å²) in [7, 11) is 3.08. The van der Waals surface area contributed by atoms with Gasteiger partial charge in [0.25, 0.3) is 5.56 Å². The predicted octanol–water partition coefficient (Wildman–Crippen LogP) is 4.87. The number of halogens is 1. The van der Waals surface area contributed by atoms with Crippen LogP contribution in [0.2, 0.25) is 0 Å². The summed E-state index contributed by atoms with van der Waals surface area (Å²) in [5.74, 6) is 3.52. The van der Waals surface area contributed by atoms with Crippen LogP contribution >= 0.6 is 0 Å². The van der Waals surface area contributed by atoms with Gasteiger partial charge in [-0.05, 0) is 79.2 Å². The number of hydrogen-bond donors (Lipinski definition) is 2. The molecule has 2 heterocycles. The smallest absolute Gasteiger partial charge is 0.261 e. The normalized spacial score (nSPS) is 26.1. The molecule has 2 N–H and O–H groups in total. The molecule has 0 radical (unpaired) electrons. The van der Waals surface area contributed by atoms with E-state index in [1.165, 1.54) is 19.6 Å². The molecule has 1 unspecified atom stereocenters. The lowest BCUT2D eigenvalue weighted by molar-refractivity contribution is -0.112. The van der Waals surface area contributed by atoms with Gasteiger partial charge in [0.05, 0.1) is 23.7 Å². The Kier molecular flexibility index (Phi) is 8.89. The lowest BCUT2D eigenvalue weighted by atomic mass is 9.45. The highest BCUT2D eigenvalue weighted by atomic mass is 19.1. The Morgan fingerprint density at radius 2 is 2.00 bits per heavy atom. The fourth-order valence-corrected chi connectivity index (χ4v) is 7.83.